The number of thioether (sulfide) groups is 1. The van der Waals surface area contributed by atoms with Crippen molar-refractivity contribution < 1.29 is 9.53 Å². The van der Waals surface area contributed by atoms with Crippen molar-refractivity contribution in [2.75, 3.05) is 20.3 Å². The highest BCUT2D eigenvalue weighted by atomic mass is 35.5. The maximum absolute atomic E-state index is 10.7. The average molecular weight is 367 g/mol. The topological polar surface area (TPSA) is 50.7 Å². The number of amides is 1. The molecule has 2 rings (SSSR count). The summed E-state index contributed by atoms with van der Waals surface area (Å²) in [5.41, 5.74) is 2.06. The summed E-state index contributed by atoms with van der Waals surface area (Å²) >= 11 is 7.81. The van der Waals surface area contributed by atoms with E-state index in [-0.39, 0.29) is 5.91 Å². The van der Waals surface area contributed by atoms with Crippen LogP contribution in [0.5, 0.6) is 0 Å². The first-order valence-corrected chi connectivity index (χ1v) is 8.93. The minimum Gasteiger partial charge on any atom is -0.383 e. The molecule has 1 heterocycles. The predicted molar refractivity (Wildman–Crippen MR) is 103 cm³/mol. The lowest BCUT2D eigenvalue weighted by molar-refractivity contribution is -0.120. The van der Waals surface area contributed by atoms with Gasteiger partial charge in [0.1, 0.15) is 5.17 Å². The summed E-state index contributed by atoms with van der Waals surface area (Å²) in [6.45, 7) is 6.65. The number of rotatable bonds is 6. The Kier molecular flexibility index (Phi) is 10.2. The number of ether oxygens (including phenoxy) is 1. The Morgan fingerprint density at radius 1 is 1.46 bits per heavy atom. The summed E-state index contributed by atoms with van der Waals surface area (Å²) < 4.78 is 4.73. The van der Waals surface area contributed by atoms with Gasteiger partial charge < -0.3 is 10.1 Å². The molecule has 4 nitrogen and oxygen atoms in total. The Morgan fingerprint density at radius 3 is 2.88 bits per heavy atom. The monoisotopic (exact) mass is 366 g/mol. The second-order valence-electron chi connectivity index (χ2n) is 4.81. The Bertz CT molecular complexity index is 615. The highest BCUT2D eigenvalue weighted by Gasteiger charge is 2.10. The van der Waals surface area contributed by atoms with Crippen LogP contribution in [0.4, 0.5) is 0 Å². The molecule has 1 aliphatic rings. The van der Waals surface area contributed by atoms with Gasteiger partial charge in [0, 0.05) is 36.2 Å². The van der Waals surface area contributed by atoms with Gasteiger partial charge in [-0.05, 0) is 17.9 Å². The van der Waals surface area contributed by atoms with Gasteiger partial charge in [0.05, 0.1) is 6.61 Å². The first-order valence-electron chi connectivity index (χ1n) is 7.68. The Morgan fingerprint density at radius 2 is 2.21 bits per heavy atom. The van der Waals surface area contributed by atoms with Crippen molar-refractivity contribution in [1.82, 2.24) is 5.32 Å². The van der Waals surface area contributed by atoms with Crippen LogP contribution in [0.2, 0.25) is 0 Å². The zero-order chi connectivity index (χ0) is 17.8. The number of aliphatic imine (C=N–C) groups is 1. The first kappa shape index (κ1) is 20.5. The zero-order valence-electron chi connectivity index (χ0n) is 14.0. The lowest BCUT2D eigenvalue weighted by atomic mass is 10.2. The molecule has 1 aromatic rings. The summed E-state index contributed by atoms with van der Waals surface area (Å²) in [5, 5.41) is 5.31. The molecule has 0 unspecified atom stereocenters. The van der Waals surface area contributed by atoms with Crippen LogP contribution in [-0.4, -0.2) is 31.3 Å². The first-order chi connectivity index (χ1) is 11.6. The minimum atomic E-state index is -0.00736. The number of hydrogen-bond acceptors (Lipinski definition) is 4. The van der Waals surface area contributed by atoms with E-state index in [2.05, 4.69) is 35.3 Å². The number of carbonyl (C=O) groups is 1. The standard InChI is InChI=1S/C11H10ClNS.C7H13NO2/c1-2-8-7-14-10-6-4-3-5-9(10)11(12)13-8;1-3-4-7(9)8-5-6-10-2/h3-7H,2H2,1H3;3H,1,4-6H2,2H3,(H,8,9). The van der Waals surface area contributed by atoms with E-state index in [0.29, 0.717) is 24.7 Å². The molecular formula is C18H23ClN2O2S. The summed E-state index contributed by atoms with van der Waals surface area (Å²) in [6, 6.07) is 8.06. The van der Waals surface area contributed by atoms with Crippen LogP contribution in [0.25, 0.3) is 0 Å². The smallest absolute Gasteiger partial charge is 0.223 e. The van der Waals surface area contributed by atoms with Crippen LogP contribution < -0.4 is 5.32 Å². The molecule has 1 aromatic carbocycles. The Labute approximate surface area is 153 Å². The van der Waals surface area contributed by atoms with Crippen molar-refractivity contribution in [2.24, 2.45) is 4.99 Å². The molecule has 0 saturated carbocycles. The summed E-state index contributed by atoms with van der Waals surface area (Å²) in [4.78, 5) is 16.2. The molecule has 0 fully saturated rings. The Balaban J connectivity index is 0.000000257. The number of benzene rings is 1. The van der Waals surface area contributed by atoms with E-state index >= 15 is 0 Å². The minimum absolute atomic E-state index is 0.00736. The number of nitrogens with zero attached hydrogens (tertiary/aromatic N) is 1. The van der Waals surface area contributed by atoms with Crippen molar-refractivity contribution in [1.29, 1.82) is 0 Å². The molecule has 1 amide bonds. The van der Waals surface area contributed by atoms with Crippen molar-refractivity contribution in [3.8, 4) is 0 Å². The molecule has 0 atom stereocenters. The molecule has 1 aliphatic heterocycles. The quantitative estimate of drug-likeness (QED) is 0.601. The van der Waals surface area contributed by atoms with Gasteiger partial charge in [-0.1, -0.05) is 54.6 Å². The Hall–Kier alpha value is -1.56. The zero-order valence-corrected chi connectivity index (χ0v) is 15.6. The van der Waals surface area contributed by atoms with Crippen LogP contribution in [0.1, 0.15) is 25.3 Å². The maximum Gasteiger partial charge on any atom is 0.223 e. The molecular weight excluding hydrogens is 344 g/mol. The van der Waals surface area contributed by atoms with E-state index in [1.165, 1.54) is 4.90 Å². The molecule has 0 saturated heterocycles. The molecule has 0 spiro atoms. The van der Waals surface area contributed by atoms with Gasteiger partial charge in [-0.2, -0.15) is 0 Å². The lowest BCUT2D eigenvalue weighted by Gasteiger charge is -2.01. The number of nitrogens with one attached hydrogen (secondary N) is 1. The van der Waals surface area contributed by atoms with Crippen molar-refractivity contribution in [2.45, 2.75) is 24.7 Å². The third kappa shape index (κ3) is 7.34. The number of allylic oxidation sites excluding steroid dienone is 1. The summed E-state index contributed by atoms with van der Waals surface area (Å²) in [6.07, 6.45) is 2.86. The average Bonchev–Trinajstić information content (AvgIpc) is 2.75. The second kappa shape index (κ2) is 11.9. The normalized spacial score (nSPS) is 12.6. The second-order valence-corrected chi connectivity index (χ2v) is 6.08. The van der Waals surface area contributed by atoms with E-state index < -0.39 is 0 Å². The third-order valence-electron chi connectivity index (χ3n) is 2.99. The van der Waals surface area contributed by atoms with Gasteiger partial charge in [-0.15, -0.1) is 6.58 Å². The lowest BCUT2D eigenvalue weighted by Crippen LogP contribution is -2.25. The highest BCUT2D eigenvalue weighted by Crippen LogP contribution is 2.30. The molecule has 24 heavy (non-hydrogen) atoms. The van der Waals surface area contributed by atoms with E-state index in [9.17, 15) is 4.79 Å². The fourth-order valence-electron chi connectivity index (χ4n) is 1.74. The maximum atomic E-state index is 10.7. The van der Waals surface area contributed by atoms with E-state index in [0.717, 1.165) is 17.7 Å². The number of fused-ring (bicyclic) bond motifs is 1. The molecule has 0 bridgehead atoms. The van der Waals surface area contributed by atoms with Crippen LogP contribution in [0.3, 0.4) is 0 Å². The van der Waals surface area contributed by atoms with Crippen molar-refractivity contribution in [3.05, 3.63) is 53.6 Å². The predicted octanol–water partition coefficient (Wildman–Crippen LogP) is 4.35. The molecule has 6 heteroatoms. The van der Waals surface area contributed by atoms with Crippen LogP contribution in [-0.2, 0) is 9.53 Å². The van der Waals surface area contributed by atoms with Crippen LogP contribution in [0, 0.1) is 0 Å². The number of halogens is 1. The largest absolute Gasteiger partial charge is 0.383 e. The van der Waals surface area contributed by atoms with Crippen molar-refractivity contribution in [3.63, 3.8) is 0 Å². The van der Waals surface area contributed by atoms with Crippen LogP contribution in [0.15, 0.2) is 57.9 Å². The van der Waals surface area contributed by atoms with Crippen LogP contribution >= 0.6 is 23.4 Å². The van der Waals surface area contributed by atoms with Crippen molar-refractivity contribution >= 4 is 34.4 Å². The van der Waals surface area contributed by atoms with Gasteiger partial charge >= 0.3 is 0 Å². The number of methoxy groups -OCH3 is 1. The van der Waals surface area contributed by atoms with Gasteiger partial charge in [-0.25, -0.2) is 4.99 Å². The highest BCUT2D eigenvalue weighted by molar-refractivity contribution is 8.02. The van der Waals surface area contributed by atoms with Gasteiger partial charge in [0.15, 0.2) is 0 Å². The number of carbonyl (C=O) groups excluding carboxylic acids is 1. The third-order valence-corrected chi connectivity index (χ3v) is 4.28. The summed E-state index contributed by atoms with van der Waals surface area (Å²) in [5.74, 6) is -0.00736. The van der Waals surface area contributed by atoms with E-state index in [4.69, 9.17) is 16.3 Å². The number of hydrogen-bond donors (Lipinski definition) is 1. The summed E-state index contributed by atoms with van der Waals surface area (Å²) in [7, 11) is 1.60. The SMILES string of the molecule is C=CCC(=O)NCCOC.CCC1=CSc2ccccc2C(Cl)=N1. The van der Waals surface area contributed by atoms with Gasteiger partial charge in [0.25, 0.3) is 0 Å². The fourth-order valence-corrected chi connectivity index (χ4v) is 3.00. The fraction of sp³-hybridized carbons (Fsp3) is 0.333. The molecule has 1 N–H and O–H groups in total. The van der Waals surface area contributed by atoms with Gasteiger partial charge in [-0.3, -0.25) is 4.79 Å². The molecule has 0 aliphatic carbocycles. The molecule has 130 valence electrons. The molecule has 0 aromatic heterocycles. The van der Waals surface area contributed by atoms with E-state index in [1.807, 2.05) is 18.2 Å². The molecule has 0 radical (unpaired) electrons. The van der Waals surface area contributed by atoms with E-state index in [1.54, 1.807) is 24.9 Å². The van der Waals surface area contributed by atoms with Gasteiger partial charge in [0.2, 0.25) is 5.91 Å².